The lowest BCUT2D eigenvalue weighted by molar-refractivity contribution is 0.332. The molecule has 12 rings (SSSR count). The van der Waals surface area contributed by atoms with Crippen LogP contribution in [0, 0.1) is 20.8 Å². The van der Waals surface area contributed by atoms with Crippen molar-refractivity contribution in [3.63, 3.8) is 0 Å². The summed E-state index contributed by atoms with van der Waals surface area (Å²) in [7, 11) is 0. The number of thiophene rings is 1. The molecule has 0 unspecified atom stereocenters. The number of aryl methyl sites for hydroxylation is 3. The van der Waals surface area contributed by atoms with E-state index in [-0.39, 0.29) is 44.6 Å². The third-order valence-corrected chi connectivity index (χ3v) is 20.6. The minimum Gasteiger partial charge on any atom is -0.311 e. The third kappa shape index (κ3) is 6.77. The first-order chi connectivity index (χ1) is 33.0. The van der Waals surface area contributed by atoms with Crippen molar-refractivity contribution < 1.29 is 0 Å². The van der Waals surface area contributed by atoms with Crippen molar-refractivity contribution in [3.05, 3.63) is 134 Å². The van der Waals surface area contributed by atoms with E-state index in [0.29, 0.717) is 0 Å². The van der Waals surface area contributed by atoms with E-state index in [4.69, 9.17) is 0 Å². The molecular formula is C67H79BN2S. The van der Waals surface area contributed by atoms with Crippen LogP contribution in [0.3, 0.4) is 0 Å². The highest BCUT2D eigenvalue weighted by atomic mass is 32.1. The summed E-state index contributed by atoms with van der Waals surface area (Å²) in [4.78, 5) is 5.50. The van der Waals surface area contributed by atoms with Crippen LogP contribution in [0.2, 0.25) is 0 Å². The Morgan fingerprint density at radius 2 is 0.915 bits per heavy atom. The molecule has 0 N–H and O–H groups in total. The molecule has 0 bridgehead atoms. The van der Waals surface area contributed by atoms with Gasteiger partial charge in [-0.2, -0.15) is 0 Å². The first kappa shape index (κ1) is 47.2. The molecule has 5 aliphatic rings. The van der Waals surface area contributed by atoms with Gasteiger partial charge in [0.2, 0.25) is 0 Å². The molecule has 4 heteroatoms. The summed E-state index contributed by atoms with van der Waals surface area (Å²) in [6, 6.07) is 33.4. The van der Waals surface area contributed by atoms with Gasteiger partial charge in [0, 0.05) is 43.9 Å². The predicted molar refractivity (Wildman–Crippen MR) is 312 cm³/mol. The molecule has 0 fully saturated rings. The van der Waals surface area contributed by atoms with Crippen LogP contribution in [-0.4, -0.2) is 6.71 Å². The number of hydrogen-bond acceptors (Lipinski definition) is 3. The number of fused-ring (bicyclic) bond motifs is 11. The zero-order chi connectivity index (χ0) is 50.7. The van der Waals surface area contributed by atoms with E-state index >= 15 is 0 Å². The molecule has 0 saturated heterocycles. The van der Waals surface area contributed by atoms with Crippen molar-refractivity contribution in [3.8, 4) is 0 Å². The molecule has 3 heterocycles. The summed E-state index contributed by atoms with van der Waals surface area (Å²) in [5.74, 6) is 0. The lowest BCUT2D eigenvalue weighted by Gasteiger charge is -2.48. The first-order valence-electron chi connectivity index (χ1n) is 27.3. The quantitative estimate of drug-likeness (QED) is 0.159. The van der Waals surface area contributed by atoms with Crippen LogP contribution in [0.5, 0.6) is 0 Å². The van der Waals surface area contributed by atoms with Crippen molar-refractivity contribution in [2.75, 3.05) is 9.80 Å². The Hall–Kier alpha value is -4.80. The van der Waals surface area contributed by atoms with Crippen LogP contribution in [0.15, 0.2) is 78.9 Å². The fourth-order valence-electron chi connectivity index (χ4n) is 14.4. The summed E-state index contributed by atoms with van der Waals surface area (Å²) in [6.07, 6.45) is 7.18. The van der Waals surface area contributed by atoms with Crippen LogP contribution in [0.25, 0.3) is 20.2 Å². The second kappa shape index (κ2) is 14.7. The number of nitrogens with zero attached hydrogens (tertiary/aromatic N) is 2. The number of rotatable bonds is 2. The summed E-state index contributed by atoms with van der Waals surface area (Å²) < 4.78 is 2.83. The molecule has 0 saturated carbocycles. The van der Waals surface area contributed by atoms with Gasteiger partial charge in [-0.05, 0) is 212 Å². The average Bonchev–Trinajstić information content (AvgIpc) is 3.66. The van der Waals surface area contributed by atoms with Crippen molar-refractivity contribution in [2.45, 2.75) is 201 Å². The monoisotopic (exact) mass is 955 g/mol. The fourth-order valence-corrected chi connectivity index (χ4v) is 15.7. The molecule has 0 spiro atoms. The minimum atomic E-state index is 0.0485. The molecule has 2 nitrogen and oxygen atoms in total. The second-order valence-electron chi connectivity index (χ2n) is 28.4. The maximum Gasteiger partial charge on any atom is 0.252 e. The van der Waals surface area contributed by atoms with E-state index in [9.17, 15) is 0 Å². The third-order valence-electron chi connectivity index (χ3n) is 19.5. The summed E-state index contributed by atoms with van der Waals surface area (Å²) >= 11 is 2.05. The maximum absolute atomic E-state index is 2.79. The van der Waals surface area contributed by atoms with Gasteiger partial charge in [0.1, 0.15) is 0 Å². The summed E-state index contributed by atoms with van der Waals surface area (Å²) in [5.41, 5.74) is 27.4. The fraction of sp³-hybridized carbons (Fsp3) is 0.463. The van der Waals surface area contributed by atoms with Gasteiger partial charge in [-0.25, -0.2) is 0 Å². The van der Waals surface area contributed by atoms with Gasteiger partial charge in [-0.15, -0.1) is 11.3 Å². The molecule has 7 aromatic rings. The Kier molecular flexibility index (Phi) is 9.78. The van der Waals surface area contributed by atoms with E-state index in [1.165, 1.54) is 154 Å². The Bertz CT molecular complexity index is 3470. The van der Waals surface area contributed by atoms with Crippen molar-refractivity contribution >= 4 is 88.7 Å². The largest absolute Gasteiger partial charge is 0.311 e. The Balaban J connectivity index is 1.23. The van der Waals surface area contributed by atoms with Gasteiger partial charge < -0.3 is 9.80 Å². The van der Waals surface area contributed by atoms with Gasteiger partial charge in [-0.1, -0.05) is 140 Å². The normalized spacial score (nSPS) is 20.5. The van der Waals surface area contributed by atoms with Gasteiger partial charge in [0.05, 0.1) is 10.4 Å². The Morgan fingerprint density at radius 1 is 0.437 bits per heavy atom. The first-order valence-corrected chi connectivity index (χ1v) is 28.1. The standard InChI is InChI=1S/C67H79BN2S/c1-38-29-55-58-56(30-38)70(53-35-47-44(32-40(53)3)62(7,8)23-26-65(47,13)14)59-50(21-20-42-43-33-45-49(37-57(43)71-60(42)59)67(17,18)28-24-63(45,9)10)68(58)51-34-46-48(66(15,16)27-25-64(46,11)12)36-54(51)69(55)52-22-19-41(31-39(52)2)61(4,5)6/h19-22,29-37H,23-28H2,1-18H3. The lowest BCUT2D eigenvalue weighted by Crippen LogP contribution is -2.62. The van der Waals surface area contributed by atoms with Crippen molar-refractivity contribution in [1.82, 2.24) is 0 Å². The zero-order valence-corrected chi connectivity index (χ0v) is 47.4. The Morgan fingerprint density at radius 3 is 1.46 bits per heavy atom. The molecule has 0 atom stereocenters. The van der Waals surface area contributed by atoms with Crippen LogP contribution >= 0.6 is 11.3 Å². The van der Waals surface area contributed by atoms with E-state index in [0.717, 1.165) is 0 Å². The number of anilines is 6. The molecular weight excluding hydrogens is 876 g/mol. The van der Waals surface area contributed by atoms with Gasteiger partial charge in [0.25, 0.3) is 6.71 Å². The lowest BCUT2D eigenvalue weighted by atomic mass is 9.33. The van der Waals surface area contributed by atoms with Gasteiger partial charge in [-0.3, -0.25) is 0 Å². The van der Waals surface area contributed by atoms with E-state index < -0.39 is 0 Å². The minimum absolute atomic E-state index is 0.0485. The summed E-state index contributed by atoms with van der Waals surface area (Å²) in [6.45, 7) is 44.1. The molecule has 0 radical (unpaired) electrons. The average molecular weight is 955 g/mol. The molecule has 2 aliphatic heterocycles. The highest BCUT2D eigenvalue weighted by Gasteiger charge is 2.49. The van der Waals surface area contributed by atoms with Crippen LogP contribution < -0.4 is 26.2 Å². The van der Waals surface area contributed by atoms with Crippen LogP contribution in [0.4, 0.5) is 34.1 Å². The van der Waals surface area contributed by atoms with E-state index in [1.54, 1.807) is 11.1 Å². The molecule has 1 aromatic heterocycles. The number of hydrogen-bond donors (Lipinski definition) is 0. The van der Waals surface area contributed by atoms with E-state index in [1.807, 2.05) is 0 Å². The number of benzene rings is 6. The summed E-state index contributed by atoms with van der Waals surface area (Å²) in [5, 5.41) is 2.81. The Labute approximate surface area is 431 Å². The van der Waals surface area contributed by atoms with Crippen LogP contribution in [0.1, 0.15) is 198 Å². The maximum atomic E-state index is 2.79. The van der Waals surface area contributed by atoms with Crippen molar-refractivity contribution in [2.24, 2.45) is 0 Å². The molecule has 6 aromatic carbocycles. The van der Waals surface area contributed by atoms with Crippen LogP contribution in [-0.2, 0) is 37.9 Å². The van der Waals surface area contributed by atoms with Gasteiger partial charge >= 0.3 is 0 Å². The molecule has 0 amide bonds. The molecule has 71 heavy (non-hydrogen) atoms. The smallest absolute Gasteiger partial charge is 0.252 e. The molecule has 3 aliphatic carbocycles. The van der Waals surface area contributed by atoms with Crippen molar-refractivity contribution in [1.29, 1.82) is 0 Å². The van der Waals surface area contributed by atoms with E-state index in [2.05, 4.69) is 225 Å². The highest BCUT2D eigenvalue weighted by molar-refractivity contribution is 7.26. The highest BCUT2D eigenvalue weighted by Crippen LogP contribution is 2.56. The predicted octanol–water partition coefficient (Wildman–Crippen LogP) is 17.4. The zero-order valence-electron chi connectivity index (χ0n) is 46.6. The second-order valence-corrected chi connectivity index (χ2v) is 29.4. The van der Waals surface area contributed by atoms with Gasteiger partial charge in [0.15, 0.2) is 0 Å². The molecule has 366 valence electrons. The topological polar surface area (TPSA) is 6.48 Å². The SMILES string of the molecule is Cc1cc2c3c(c1)N(c1cc4c(cc1C)C(C)(C)CCC4(C)C)c1c(ccc4c1sc1cc5c(cc14)C(C)(C)CCC5(C)C)B3c1cc3c(cc1N2c1ccc(C(C)(C)C)cc1C)C(C)(C)CCC3(C)C.